The third-order valence-corrected chi connectivity index (χ3v) is 8.02. The standard InChI is InChI=1S/C37H47NO8/c1-8-17-41-28-15-13-26(14-16-28)34-32(42-22-25-18-27-11-9-10-12-30(27)31(19-25)40-7)20-38(35(39)46-36(2,3)4)21-33(34)43-23-29-24-44-37(5,6)45-29/h8-16,18-19,29,32-34H,1,17,20-24H2,2-7H3/t29-,32-,33+,34+/m0/s1. The van der Waals surface area contributed by atoms with Crippen molar-refractivity contribution < 1.29 is 38.0 Å². The van der Waals surface area contributed by atoms with Gasteiger partial charge in [-0.2, -0.15) is 0 Å². The van der Waals surface area contributed by atoms with Gasteiger partial charge in [0.2, 0.25) is 0 Å². The van der Waals surface area contributed by atoms with Gasteiger partial charge in [-0.1, -0.05) is 49.1 Å². The summed E-state index contributed by atoms with van der Waals surface area (Å²) in [6, 6.07) is 20.2. The van der Waals surface area contributed by atoms with Crippen molar-refractivity contribution in [2.75, 3.05) is 40.0 Å². The van der Waals surface area contributed by atoms with Crippen LogP contribution >= 0.6 is 0 Å². The predicted molar refractivity (Wildman–Crippen MR) is 176 cm³/mol. The van der Waals surface area contributed by atoms with Gasteiger partial charge in [0.05, 0.1) is 52.2 Å². The highest BCUT2D eigenvalue weighted by Crippen LogP contribution is 2.36. The van der Waals surface area contributed by atoms with Crippen LogP contribution < -0.4 is 9.47 Å². The van der Waals surface area contributed by atoms with E-state index >= 15 is 0 Å². The van der Waals surface area contributed by atoms with Crippen LogP contribution in [-0.2, 0) is 30.3 Å². The number of likely N-dealkylation sites (tertiary alicyclic amines) is 1. The summed E-state index contributed by atoms with van der Waals surface area (Å²) in [6.07, 6.45) is 0.249. The molecular formula is C37H47NO8. The summed E-state index contributed by atoms with van der Waals surface area (Å²) in [6.45, 7) is 15.2. The smallest absolute Gasteiger partial charge is 0.410 e. The number of rotatable bonds is 11. The fraction of sp³-hybridized carbons (Fsp3) is 0.486. The quantitative estimate of drug-likeness (QED) is 0.212. The third kappa shape index (κ3) is 8.59. The molecule has 2 fully saturated rings. The van der Waals surface area contributed by atoms with E-state index in [9.17, 15) is 4.79 Å². The van der Waals surface area contributed by atoms with Crippen molar-refractivity contribution in [2.45, 2.75) is 76.8 Å². The number of hydrogen-bond acceptors (Lipinski definition) is 8. The van der Waals surface area contributed by atoms with Crippen molar-refractivity contribution in [2.24, 2.45) is 0 Å². The number of methoxy groups -OCH3 is 1. The number of carbonyl (C=O) groups is 1. The van der Waals surface area contributed by atoms with Crippen LogP contribution in [0.2, 0.25) is 0 Å². The lowest BCUT2D eigenvalue weighted by Gasteiger charge is -2.44. The molecular weight excluding hydrogens is 586 g/mol. The van der Waals surface area contributed by atoms with Crippen molar-refractivity contribution in [3.63, 3.8) is 0 Å². The van der Waals surface area contributed by atoms with Crippen molar-refractivity contribution in [3.8, 4) is 11.5 Å². The Balaban J connectivity index is 1.45. The minimum Gasteiger partial charge on any atom is -0.496 e. The molecule has 3 aromatic carbocycles. The number of benzene rings is 3. The van der Waals surface area contributed by atoms with E-state index in [4.69, 9.17) is 33.2 Å². The summed E-state index contributed by atoms with van der Waals surface area (Å²) in [5, 5.41) is 2.10. The molecule has 0 unspecified atom stereocenters. The topological polar surface area (TPSA) is 84.9 Å². The highest BCUT2D eigenvalue weighted by molar-refractivity contribution is 5.89. The molecule has 9 heteroatoms. The molecule has 2 heterocycles. The average molecular weight is 634 g/mol. The van der Waals surface area contributed by atoms with E-state index in [0.29, 0.717) is 39.5 Å². The van der Waals surface area contributed by atoms with Gasteiger partial charge in [-0.25, -0.2) is 4.79 Å². The highest BCUT2D eigenvalue weighted by Gasteiger charge is 2.43. The molecule has 3 aromatic rings. The lowest BCUT2D eigenvalue weighted by atomic mass is 9.84. The molecule has 0 aliphatic carbocycles. The van der Waals surface area contributed by atoms with E-state index in [-0.39, 0.29) is 12.0 Å². The number of hydrogen-bond donors (Lipinski definition) is 0. The Morgan fingerprint density at radius 3 is 2.41 bits per heavy atom. The van der Waals surface area contributed by atoms with Gasteiger partial charge >= 0.3 is 6.09 Å². The van der Waals surface area contributed by atoms with E-state index in [1.54, 1.807) is 18.1 Å². The minimum atomic E-state index is -0.670. The van der Waals surface area contributed by atoms with Gasteiger partial charge in [0.15, 0.2) is 5.79 Å². The first-order valence-corrected chi connectivity index (χ1v) is 15.9. The van der Waals surface area contributed by atoms with Gasteiger partial charge in [-0.15, -0.1) is 0 Å². The van der Waals surface area contributed by atoms with Gasteiger partial charge < -0.3 is 38.1 Å². The van der Waals surface area contributed by atoms with Crippen LogP contribution in [0.15, 0.2) is 73.3 Å². The first kappa shape index (κ1) is 33.7. The van der Waals surface area contributed by atoms with Gasteiger partial charge in [-0.05, 0) is 75.4 Å². The second-order valence-corrected chi connectivity index (χ2v) is 13.3. The molecule has 2 saturated heterocycles. The first-order chi connectivity index (χ1) is 21.9. The molecule has 0 spiro atoms. The average Bonchev–Trinajstić information content (AvgIpc) is 3.38. The highest BCUT2D eigenvalue weighted by atomic mass is 16.7. The molecule has 9 nitrogen and oxygen atoms in total. The summed E-state index contributed by atoms with van der Waals surface area (Å²) in [5.74, 6) is 0.651. The Bertz CT molecular complexity index is 1480. The SMILES string of the molecule is C=CCOc1ccc([C@@H]2[C@@H](OCc3cc(OC)c4ccccc4c3)CN(C(=O)OC(C)(C)C)C[C@H]2OC[C@H]2COC(C)(C)O2)cc1. The van der Waals surface area contributed by atoms with Crippen molar-refractivity contribution in [1.82, 2.24) is 4.90 Å². The van der Waals surface area contributed by atoms with Crippen LogP contribution in [0.1, 0.15) is 51.7 Å². The minimum absolute atomic E-state index is 0.204. The second kappa shape index (κ2) is 14.4. The Labute approximate surface area is 272 Å². The fourth-order valence-corrected chi connectivity index (χ4v) is 6.00. The van der Waals surface area contributed by atoms with Gasteiger partial charge in [0, 0.05) is 11.3 Å². The molecule has 0 radical (unpaired) electrons. The van der Waals surface area contributed by atoms with Crippen LogP contribution in [0, 0.1) is 0 Å². The van der Waals surface area contributed by atoms with Crippen molar-refractivity contribution >= 4 is 16.9 Å². The summed E-state index contributed by atoms with van der Waals surface area (Å²) in [7, 11) is 1.67. The normalized spacial score (nSPS) is 22.9. The first-order valence-electron chi connectivity index (χ1n) is 15.9. The molecule has 4 atom stereocenters. The Morgan fingerprint density at radius 1 is 1.04 bits per heavy atom. The van der Waals surface area contributed by atoms with Crippen molar-refractivity contribution in [3.05, 3.63) is 84.4 Å². The van der Waals surface area contributed by atoms with Crippen molar-refractivity contribution in [1.29, 1.82) is 0 Å². The molecule has 248 valence electrons. The summed E-state index contributed by atoms with van der Waals surface area (Å²) in [4.78, 5) is 15.1. The number of carbonyl (C=O) groups excluding carboxylic acids is 1. The predicted octanol–water partition coefficient (Wildman–Crippen LogP) is 6.87. The molecule has 5 rings (SSSR count). The molecule has 0 aromatic heterocycles. The van der Waals surface area contributed by atoms with Gasteiger partial charge in [0.1, 0.15) is 29.8 Å². The number of piperidine rings is 1. The summed E-state index contributed by atoms with van der Waals surface area (Å²) in [5.41, 5.74) is 1.34. The molecule has 0 bridgehead atoms. The van der Waals surface area contributed by atoms with E-state index in [2.05, 4.69) is 18.7 Å². The van der Waals surface area contributed by atoms with Crippen LogP contribution in [0.3, 0.4) is 0 Å². The maximum absolute atomic E-state index is 13.4. The number of nitrogens with zero attached hydrogens (tertiary/aromatic N) is 1. The third-order valence-electron chi connectivity index (χ3n) is 8.02. The van der Waals surface area contributed by atoms with Gasteiger partial charge in [0.25, 0.3) is 0 Å². The number of amides is 1. The Kier molecular flexibility index (Phi) is 10.6. The zero-order chi connectivity index (χ0) is 32.9. The zero-order valence-electron chi connectivity index (χ0n) is 27.8. The van der Waals surface area contributed by atoms with E-state index in [0.717, 1.165) is 33.4 Å². The zero-order valence-corrected chi connectivity index (χ0v) is 27.8. The van der Waals surface area contributed by atoms with E-state index < -0.39 is 29.7 Å². The molecule has 46 heavy (non-hydrogen) atoms. The summed E-state index contributed by atoms with van der Waals surface area (Å²) < 4.78 is 42.4. The fourth-order valence-electron chi connectivity index (χ4n) is 6.00. The molecule has 2 aliphatic rings. The number of ether oxygens (including phenoxy) is 7. The Morgan fingerprint density at radius 2 is 1.76 bits per heavy atom. The molecule has 0 N–H and O–H groups in total. The Hall–Kier alpha value is -3.63. The lowest BCUT2D eigenvalue weighted by molar-refractivity contribution is -0.154. The maximum atomic E-state index is 13.4. The summed E-state index contributed by atoms with van der Waals surface area (Å²) >= 11 is 0. The maximum Gasteiger partial charge on any atom is 0.410 e. The van der Waals surface area contributed by atoms with Crippen LogP contribution in [-0.4, -0.2) is 80.7 Å². The van der Waals surface area contributed by atoms with E-state index in [1.807, 2.05) is 83.1 Å². The van der Waals surface area contributed by atoms with Crippen LogP contribution in [0.4, 0.5) is 4.79 Å². The number of fused-ring (bicyclic) bond motifs is 1. The molecule has 2 aliphatic heterocycles. The van der Waals surface area contributed by atoms with Crippen LogP contribution in [0.25, 0.3) is 10.8 Å². The lowest BCUT2D eigenvalue weighted by Crippen LogP contribution is -2.55. The monoisotopic (exact) mass is 633 g/mol. The largest absolute Gasteiger partial charge is 0.496 e. The molecule has 0 saturated carbocycles. The molecule has 1 amide bonds. The van der Waals surface area contributed by atoms with Gasteiger partial charge in [-0.3, -0.25) is 0 Å². The van der Waals surface area contributed by atoms with Crippen LogP contribution in [0.5, 0.6) is 11.5 Å². The van der Waals surface area contributed by atoms with E-state index in [1.165, 1.54) is 0 Å². The second-order valence-electron chi connectivity index (χ2n) is 13.3.